The van der Waals surface area contributed by atoms with Crippen LogP contribution in [0.25, 0.3) is 0 Å². The van der Waals surface area contributed by atoms with E-state index in [9.17, 15) is 24.1 Å². The topological polar surface area (TPSA) is 86.5 Å². The number of nitrogens with zero attached hydrogens (tertiary/aromatic N) is 1. The van der Waals surface area contributed by atoms with E-state index in [1.807, 2.05) is 0 Å². The van der Waals surface area contributed by atoms with E-state index in [4.69, 9.17) is 0 Å². The lowest BCUT2D eigenvalue weighted by molar-refractivity contribution is -0.385. The molecule has 0 saturated heterocycles. The SMILES string of the molecule is COC(=O)Cc1cc(C=O)c([N+](=O)[O-])cc1F. The van der Waals surface area contributed by atoms with Crippen molar-refractivity contribution in [1.82, 2.24) is 0 Å². The Morgan fingerprint density at radius 3 is 2.71 bits per heavy atom. The zero-order valence-corrected chi connectivity index (χ0v) is 8.81. The average molecular weight is 241 g/mol. The van der Waals surface area contributed by atoms with Gasteiger partial charge in [0.1, 0.15) is 5.82 Å². The van der Waals surface area contributed by atoms with Crippen LogP contribution in [-0.2, 0) is 16.0 Å². The van der Waals surface area contributed by atoms with E-state index in [2.05, 4.69) is 4.74 Å². The van der Waals surface area contributed by atoms with E-state index in [0.717, 1.165) is 13.2 Å². The summed E-state index contributed by atoms with van der Waals surface area (Å²) >= 11 is 0. The summed E-state index contributed by atoms with van der Waals surface area (Å²) in [5.41, 5.74) is -1.04. The van der Waals surface area contributed by atoms with E-state index >= 15 is 0 Å². The highest BCUT2D eigenvalue weighted by molar-refractivity contribution is 5.82. The van der Waals surface area contributed by atoms with Crippen LogP contribution in [0.4, 0.5) is 10.1 Å². The van der Waals surface area contributed by atoms with E-state index < -0.39 is 22.4 Å². The number of aldehydes is 1. The van der Waals surface area contributed by atoms with Crippen molar-refractivity contribution in [3.8, 4) is 0 Å². The summed E-state index contributed by atoms with van der Waals surface area (Å²) in [5, 5.41) is 10.5. The Bertz CT molecular complexity index is 486. The van der Waals surface area contributed by atoms with Crippen LogP contribution in [0.3, 0.4) is 0 Å². The van der Waals surface area contributed by atoms with E-state index in [1.165, 1.54) is 0 Å². The van der Waals surface area contributed by atoms with Gasteiger partial charge in [-0.2, -0.15) is 0 Å². The molecule has 0 saturated carbocycles. The molecular weight excluding hydrogens is 233 g/mol. The summed E-state index contributed by atoms with van der Waals surface area (Å²) in [6.07, 6.45) is -0.153. The Hall–Kier alpha value is -2.31. The maximum Gasteiger partial charge on any atom is 0.310 e. The fourth-order valence-corrected chi connectivity index (χ4v) is 1.24. The summed E-state index contributed by atoms with van der Waals surface area (Å²) in [5.74, 6) is -1.62. The van der Waals surface area contributed by atoms with Gasteiger partial charge in [-0.3, -0.25) is 19.7 Å². The van der Waals surface area contributed by atoms with Gasteiger partial charge in [0, 0.05) is 5.56 Å². The number of nitro groups is 1. The maximum absolute atomic E-state index is 13.4. The molecule has 0 N–H and O–H groups in total. The normalized spacial score (nSPS) is 9.76. The number of hydrogen-bond acceptors (Lipinski definition) is 5. The Labute approximate surface area is 95.1 Å². The Morgan fingerprint density at radius 2 is 2.24 bits per heavy atom. The zero-order chi connectivity index (χ0) is 13.0. The van der Waals surface area contributed by atoms with Gasteiger partial charge in [-0.05, 0) is 6.07 Å². The van der Waals surface area contributed by atoms with Crippen molar-refractivity contribution in [2.45, 2.75) is 6.42 Å². The molecule has 0 aliphatic heterocycles. The number of rotatable bonds is 4. The fourth-order valence-electron chi connectivity index (χ4n) is 1.24. The molecule has 0 heterocycles. The molecule has 6 nitrogen and oxygen atoms in total. The van der Waals surface area contributed by atoms with Crippen LogP contribution in [0.2, 0.25) is 0 Å². The number of halogens is 1. The molecule has 0 amide bonds. The largest absolute Gasteiger partial charge is 0.469 e. The number of benzene rings is 1. The minimum absolute atomic E-state index is 0.121. The minimum Gasteiger partial charge on any atom is -0.469 e. The second-order valence-electron chi connectivity index (χ2n) is 3.13. The van der Waals surface area contributed by atoms with Crippen LogP contribution in [0.5, 0.6) is 0 Å². The summed E-state index contributed by atoms with van der Waals surface area (Å²) in [4.78, 5) is 31.2. The van der Waals surface area contributed by atoms with Gasteiger partial charge in [0.05, 0.1) is 30.1 Å². The number of nitro benzene ring substituents is 1. The lowest BCUT2D eigenvalue weighted by atomic mass is 10.1. The Balaban J connectivity index is 3.22. The van der Waals surface area contributed by atoms with Gasteiger partial charge >= 0.3 is 5.97 Å². The summed E-state index contributed by atoms with van der Waals surface area (Å²) in [6, 6.07) is 1.58. The average Bonchev–Trinajstić information content (AvgIpc) is 2.30. The van der Waals surface area contributed by atoms with Crippen molar-refractivity contribution in [3.63, 3.8) is 0 Å². The predicted octanol–water partition coefficient (Wildman–Crippen LogP) is 1.26. The van der Waals surface area contributed by atoms with Crippen molar-refractivity contribution in [2.75, 3.05) is 7.11 Å². The first-order valence-corrected chi connectivity index (χ1v) is 4.48. The van der Waals surface area contributed by atoms with Crippen molar-refractivity contribution < 1.29 is 23.6 Å². The highest BCUT2D eigenvalue weighted by Gasteiger charge is 2.19. The standard InChI is InChI=1S/C10H8FNO5/c1-17-10(14)3-6-2-7(5-13)9(12(15)16)4-8(6)11/h2,4-5H,3H2,1H3. The quantitative estimate of drug-likeness (QED) is 0.343. The fraction of sp³-hybridized carbons (Fsp3) is 0.200. The van der Waals surface area contributed by atoms with Crippen LogP contribution < -0.4 is 0 Å². The molecule has 0 unspecified atom stereocenters. The number of carbonyl (C=O) groups excluding carboxylic acids is 2. The molecule has 1 aromatic rings. The molecule has 0 bridgehead atoms. The highest BCUT2D eigenvalue weighted by atomic mass is 19.1. The van der Waals surface area contributed by atoms with E-state index in [-0.39, 0.29) is 23.8 Å². The van der Waals surface area contributed by atoms with Crippen molar-refractivity contribution in [1.29, 1.82) is 0 Å². The van der Waals surface area contributed by atoms with Gasteiger partial charge in [0.2, 0.25) is 0 Å². The predicted molar refractivity (Wildman–Crippen MR) is 54.2 cm³/mol. The maximum atomic E-state index is 13.4. The van der Waals surface area contributed by atoms with Crippen LogP contribution in [0.1, 0.15) is 15.9 Å². The molecule has 0 aliphatic carbocycles. The third-order valence-corrected chi connectivity index (χ3v) is 2.08. The first-order chi connectivity index (χ1) is 7.99. The molecule has 17 heavy (non-hydrogen) atoms. The van der Waals surface area contributed by atoms with Gasteiger partial charge in [-0.1, -0.05) is 0 Å². The molecule has 1 rings (SSSR count). The van der Waals surface area contributed by atoms with Gasteiger partial charge in [-0.25, -0.2) is 4.39 Å². The highest BCUT2D eigenvalue weighted by Crippen LogP contribution is 2.22. The van der Waals surface area contributed by atoms with E-state index in [0.29, 0.717) is 6.07 Å². The van der Waals surface area contributed by atoms with E-state index in [1.54, 1.807) is 0 Å². The lowest BCUT2D eigenvalue weighted by Crippen LogP contribution is -2.08. The van der Waals surface area contributed by atoms with Gasteiger partial charge in [0.15, 0.2) is 6.29 Å². The minimum atomic E-state index is -0.923. The molecule has 7 heteroatoms. The van der Waals surface area contributed by atoms with Crippen LogP contribution in [-0.4, -0.2) is 24.3 Å². The molecular formula is C10H8FNO5. The van der Waals surface area contributed by atoms with Crippen molar-refractivity contribution >= 4 is 17.9 Å². The summed E-state index contributed by atoms with van der Waals surface area (Å²) < 4.78 is 17.7. The van der Waals surface area contributed by atoms with Crippen molar-refractivity contribution in [3.05, 3.63) is 39.2 Å². The molecule has 0 aliphatic rings. The van der Waals surface area contributed by atoms with Crippen LogP contribution in [0.15, 0.2) is 12.1 Å². The number of ether oxygens (including phenoxy) is 1. The van der Waals surface area contributed by atoms with Crippen LogP contribution in [0, 0.1) is 15.9 Å². The first-order valence-electron chi connectivity index (χ1n) is 4.48. The number of esters is 1. The monoisotopic (exact) mass is 241 g/mol. The summed E-state index contributed by atoms with van der Waals surface area (Å²) in [7, 11) is 1.13. The Kier molecular flexibility index (Phi) is 3.86. The number of hydrogen-bond donors (Lipinski definition) is 0. The lowest BCUT2D eigenvalue weighted by Gasteiger charge is -2.03. The molecule has 0 atom stereocenters. The van der Waals surface area contributed by atoms with Gasteiger partial charge in [0.25, 0.3) is 5.69 Å². The van der Waals surface area contributed by atoms with Crippen LogP contribution >= 0.6 is 0 Å². The number of carbonyl (C=O) groups is 2. The molecule has 90 valence electrons. The second kappa shape index (κ2) is 5.15. The third kappa shape index (κ3) is 2.83. The molecule has 0 spiro atoms. The van der Waals surface area contributed by atoms with Gasteiger partial charge < -0.3 is 4.74 Å². The number of methoxy groups -OCH3 is 1. The second-order valence-corrected chi connectivity index (χ2v) is 3.13. The molecule has 0 fully saturated rings. The Morgan fingerprint density at radius 1 is 1.59 bits per heavy atom. The molecule has 0 radical (unpaired) electrons. The first kappa shape index (κ1) is 12.8. The summed E-state index contributed by atoms with van der Waals surface area (Å²) in [6.45, 7) is 0. The molecule has 0 aromatic heterocycles. The smallest absolute Gasteiger partial charge is 0.310 e. The third-order valence-electron chi connectivity index (χ3n) is 2.08. The molecule has 1 aromatic carbocycles. The van der Waals surface area contributed by atoms with Crippen molar-refractivity contribution in [2.24, 2.45) is 0 Å². The zero-order valence-electron chi connectivity index (χ0n) is 8.81. The van der Waals surface area contributed by atoms with Gasteiger partial charge in [-0.15, -0.1) is 0 Å².